The Bertz CT molecular complexity index is 1360. The van der Waals surface area contributed by atoms with Crippen LogP contribution in [0.2, 0.25) is 0 Å². The van der Waals surface area contributed by atoms with Gasteiger partial charge in [0.2, 0.25) is 0 Å². The maximum Gasteiger partial charge on any atom is 0.193 e. The number of anilines is 1. The SMILES string of the molecule is Cn1cc2cc(-c3ccc4nc(N5CC[C@@H](NC6(C)CC6)C5)ccc4n3)c(O)c(F)c2n1. The lowest BCUT2D eigenvalue weighted by Gasteiger charge is -2.20. The van der Waals surface area contributed by atoms with E-state index in [0.29, 0.717) is 33.7 Å². The molecule has 4 heterocycles. The number of nitrogens with one attached hydrogen (secondary N) is 1. The van der Waals surface area contributed by atoms with Gasteiger partial charge >= 0.3 is 0 Å². The lowest BCUT2D eigenvalue weighted by Crippen LogP contribution is -2.40. The van der Waals surface area contributed by atoms with Gasteiger partial charge in [0.05, 0.1) is 16.7 Å². The molecule has 3 aromatic heterocycles. The summed E-state index contributed by atoms with van der Waals surface area (Å²) in [6.07, 6.45) is 5.37. The highest BCUT2D eigenvalue weighted by molar-refractivity contribution is 5.89. The van der Waals surface area contributed by atoms with Crippen LogP contribution in [0.3, 0.4) is 0 Å². The van der Waals surface area contributed by atoms with Crippen LogP contribution in [-0.2, 0) is 7.05 Å². The molecule has 0 unspecified atom stereocenters. The van der Waals surface area contributed by atoms with Gasteiger partial charge in [0, 0.05) is 48.9 Å². The fourth-order valence-corrected chi connectivity index (χ4v) is 4.67. The summed E-state index contributed by atoms with van der Waals surface area (Å²) in [6.45, 7) is 4.23. The monoisotopic (exact) mass is 432 g/mol. The van der Waals surface area contributed by atoms with E-state index < -0.39 is 11.6 Å². The molecule has 1 aliphatic heterocycles. The molecule has 1 saturated heterocycles. The second-order valence-corrected chi connectivity index (χ2v) is 9.37. The topological polar surface area (TPSA) is 79.1 Å². The number of aromatic nitrogens is 4. The molecule has 164 valence electrons. The molecule has 2 aliphatic rings. The number of aromatic hydroxyl groups is 1. The number of phenolic OH excluding ortho intramolecular Hbond substituents is 1. The van der Waals surface area contributed by atoms with Crippen LogP contribution in [0.25, 0.3) is 33.2 Å². The number of rotatable bonds is 4. The summed E-state index contributed by atoms with van der Waals surface area (Å²) in [4.78, 5) is 11.8. The average molecular weight is 433 g/mol. The van der Waals surface area contributed by atoms with E-state index in [9.17, 15) is 9.50 Å². The van der Waals surface area contributed by atoms with Crippen LogP contribution in [0, 0.1) is 5.82 Å². The number of fused-ring (bicyclic) bond motifs is 2. The van der Waals surface area contributed by atoms with Crippen molar-refractivity contribution in [1.82, 2.24) is 25.1 Å². The molecule has 0 bridgehead atoms. The zero-order chi connectivity index (χ0) is 22.0. The Labute approximate surface area is 184 Å². The van der Waals surface area contributed by atoms with E-state index in [1.54, 1.807) is 25.4 Å². The van der Waals surface area contributed by atoms with E-state index in [2.05, 4.69) is 27.2 Å². The Morgan fingerprint density at radius 3 is 2.75 bits per heavy atom. The molecular weight excluding hydrogens is 407 g/mol. The lowest BCUT2D eigenvalue weighted by molar-refractivity contribution is 0.437. The fourth-order valence-electron chi connectivity index (χ4n) is 4.67. The molecule has 2 fully saturated rings. The Balaban J connectivity index is 1.30. The second-order valence-electron chi connectivity index (χ2n) is 9.37. The number of hydrogen-bond acceptors (Lipinski definition) is 6. The Kier molecular flexibility index (Phi) is 4.17. The number of pyridine rings is 2. The van der Waals surface area contributed by atoms with Gasteiger partial charge in [-0.25, -0.2) is 14.4 Å². The quantitative estimate of drug-likeness (QED) is 0.511. The van der Waals surface area contributed by atoms with Gasteiger partial charge in [-0.3, -0.25) is 4.68 Å². The Morgan fingerprint density at radius 1 is 1.16 bits per heavy atom. The normalized spacial score (nSPS) is 19.8. The highest BCUT2D eigenvalue weighted by atomic mass is 19.1. The minimum atomic E-state index is -0.731. The third kappa shape index (κ3) is 3.26. The molecule has 7 nitrogen and oxygen atoms in total. The van der Waals surface area contributed by atoms with Crippen LogP contribution in [0.5, 0.6) is 5.75 Å². The van der Waals surface area contributed by atoms with Gasteiger partial charge in [-0.1, -0.05) is 0 Å². The van der Waals surface area contributed by atoms with Crippen LogP contribution in [0.15, 0.2) is 36.5 Å². The lowest BCUT2D eigenvalue weighted by atomic mass is 10.1. The molecule has 0 amide bonds. The number of nitrogens with zero attached hydrogens (tertiary/aromatic N) is 5. The highest BCUT2D eigenvalue weighted by Gasteiger charge is 2.40. The van der Waals surface area contributed by atoms with Crippen molar-refractivity contribution in [2.24, 2.45) is 7.05 Å². The van der Waals surface area contributed by atoms with Gasteiger partial charge in [0.25, 0.3) is 0 Å². The third-order valence-electron chi connectivity index (χ3n) is 6.70. The molecule has 2 N–H and O–H groups in total. The van der Waals surface area contributed by atoms with E-state index in [1.807, 2.05) is 18.2 Å². The van der Waals surface area contributed by atoms with Crippen molar-refractivity contribution in [1.29, 1.82) is 0 Å². The summed E-state index contributed by atoms with van der Waals surface area (Å²) >= 11 is 0. The largest absolute Gasteiger partial charge is 0.504 e. The van der Waals surface area contributed by atoms with Crippen LogP contribution in [0.4, 0.5) is 10.2 Å². The van der Waals surface area contributed by atoms with Gasteiger partial charge < -0.3 is 15.3 Å². The van der Waals surface area contributed by atoms with Crippen molar-refractivity contribution in [2.45, 2.75) is 37.8 Å². The second kappa shape index (κ2) is 6.87. The van der Waals surface area contributed by atoms with Crippen LogP contribution < -0.4 is 10.2 Å². The predicted molar refractivity (Wildman–Crippen MR) is 122 cm³/mol. The van der Waals surface area contributed by atoms with Crippen LogP contribution in [0.1, 0.15) is 26.2 Å². The number of halogens is 1. The Morgan fingerprint density at radius 2 is 1.94 bits per heavy atom. The molecule has 1 atom stereocenters. The van der Waals surface area contributed by atoms with E-state index in [-0.39, 0.29) is 5.52 Å². The maximum absolute atomic E-state index is 14.7. The first-order chi connectivity index (χ1) is 15.4. The molecule has 1 aromatic carbocycles. The average Bonchev–Trinajstić information content (AvgIpc) is 3.16. The predicted octanol–water partition coefficient (Wildman–Crippen LogP) is 3.75. The van der Waals surface area contributed by atoms with Crippen molar-refractivity contribution in [3.8, 4) is 17.0 Å². The van der Waals surface area contributed by atoms with Crippen molar-refractivity contribution in [2.75, 3.05) is 18.0 Å². The summed E-state index contributed by atoms with van der Waals surface area (Å²) in [7, 11) is 1.72. The molecule has 0 radical (unpaired) electrons. The van der Waals surface area contributed by atoms with E-state index in [1.165, 1.54) is 17.5 Å². The molecule has 1 aliphatic carbocycles. The molecule has 6 rings (SSSR count). The Hall–Kier alpha value is -3.26. The molecule has 1 saturated carbocycles. The van der Waals surface area contributed by atoms with Crippen molar-refractivity contribution >= 4 is 27.8 Å². The van der Waals surface area contributed by atoms with Crippen molar-refractivity contribution in [3.05, 3.63) is 42.3 Å². The minimum Gasteiger partial charge on any atom is -0.504 e. The first-order valence-electron chi connectivity index (χ1n) is 11.0. The minimum absolute atomic E-state index is 0.148. The van der Waals surface area contributed by atoms with Gasteiger partial charge in [-0.15, -0.1) is 0 Å². The number of benzene rings is 1. The zero-order valence-electron chi connectivity index (χ0n) is 18.1. The summed E-state index contributed by atoms with van der Waals surface area (Å²) in [6, 6.07) is 9.81. The molecular formula is C24H25FN6O. The molecule has 0 spiro atoms. The summed E-state index contributed by atoms with van der Waals surface area (Å²) in [5.41, 5.74) is 2.81. The van der Waals surface area contributed by atoms with Gasteiger partial charge in [0.1, 0.15) is 11.3 Å². The third-order valence-corrected chi connectivity index (χ3v) is 6.70. The standard InChI is InChI=1S/C24H25FN6O/c1-24(8-9-24)28-15-7-10-31(13-15)20-6-5-18-19(27-20)4-3-17(26-18)16-11-14-12-30(2)29-22(14)21(25)23(16)32/h3-6,11-12,15,28,32H,7-10,13H2,1-2H3/t15-/m1/s1. The summed E-state index contributed by atoms with van der Waals surface area (Å²) in [5, 5.41) is 18.9. The molecule has 32 heavy (non-hydrogen) atoms. The maximum atomic E-state index is 14.7. The number of hydrogen-bond donors (Lipinski definition) is 2. The number of aryl methyl sites for hydroxylation is 1. The van der Waals surface area contributed by atoms with Crippen LogP contribution >= 0.6 is 0 Å². The molecule has 8 heteroatoms. The van der Waals surface area contributed by atoms with E-state index >= 15 is 0 Å². The zero-order valence-corrected chi connectivity index (χ0v) is 18.1. The number of phenols is 1. The smallest absolute Gasteiger partial charge is 0.193 e. The van der Waals surface area contributed by atoms with Gasteiger partial charge in [0.15, 0.2) is 11.6 Å². The first kappa shape index (κ1) is 19.4. The van der Waals surface area contributed by atoms with Crippen LogP contribution in [-0.4, -0.2) is 49.5 Å². The summed E-state index contributed by atoms with van der Waals surface area (Å²) < 4.78 is 16.2. The first-order valence-corrected chi connectivity index (χ1v) is 11.0. The fraction of sp³-hybridized carbons (Fsp3) is 0.375. The van der Waals surface area contributed by atoms with Gasteiger partial charge in [-0.05, 0) is 56.5 Å². The van der Waals surface area contributed by atoms with Crippen molar-refractivity contribution < 1.29 is 9.50 Å². The van der Waals surface area contributed by atoms with Crippen molar-refractivity contribution in [3.63, 3.8) is 0 Å². The van der Waals surface area contributed by atoms with E-state index in [0.717, 1.165) is 30.8 Å². The highest BCUT2D eigenvalue weighted by Crippen LogP contribution is 2.37. The molecule has 4 aromatic rings. The summed E-state index contributed by atoms with van der Waals surface area (Å²) in [5.74, 6) is -0.221. The van der Waals surface area contributed by atoms with E-state index in [4.69, 9.17) is 4.98 Å². The van der Waals surface area contributed by atoms with Gasteiger partial charge in [-0.2, -0.15) is 5.10 Å².